The van der Waals surface area contributed by atoms with Gasteiger partial charge in [-0.05, 0) is 78.4 Å². The Hall–Kier alpha value is -3.63. The molecule has 5 aromatic rings. The maximum Gasteiger partial charge on any atom is 0.253 e. The molecule has 4 heterocycles. The van der Waals surface area contributed by atoms with Crippen LogP contribution in [-0.2, 0) is 12.0 Å². The molecule has 1 aliphatic heterocycles. The number of nitrogens with one attached hydrogen (secondary N) is 1. The zero-order valence-corrected chi connectivity index (χ0v) is 23.7. The fraction of sp³-hybridized carbons (Fsp3) is 0.414. The van der Waals surface area contributed by atoms with Gasteiger partial charge in [0.1, 0.15) is 6.04 Å². The van der Waals surface area contributed by atoms with E-state index in [9.17, 15) is 4.79 Å². The molecule has 39 heavy (non-hydrogen) atoms. The number of rotatable bonds is 7. The normalized spacial score (nSPS) is 15.8. The Balaban J connectivity index is 1.39. The van der Waals surface area contributed by atoms with E-state index in [0.717, 1.165) is 60.6 Å². The molecule has 0 saturated carbocycles. The molecule has 9 nitrogen and oxygen atoms in total. The van der Waals surface area contributed by atoms with E-state index >= 15 is 0 Å². The predicted octanol–water partition coefficient (Wildman–Crippen LogP) is 4.74. The van der Waals surface area contributed by atoms with Crippen molar-refractivity contribution < 1.29 is 0 Å². The molecule has 10 heteroatoms. The summed E-state index contributed by atoms with van der Waals surface area (Å²) in [5.74, 6) is 0.701. The highest BCUT2D eigenvalue weighted by Crippen LogP contribution is 2.33. The lowest BCUT2D eigenvalue weighted by Crippen LogP contribution is -2.49. The van der Waals surface area contributed by atoms with E-state index in [1.807, 2.05) is 22.9 Å². The van der Waals surface area contributed by atoms with Crippen molar-refractivity contribution in [3.63, 3.8) is 0 Å². The Morgan fingerprint density at radius 3 is 2.59 bits per heavy atom. The number of nitrogens with zero attached hydrogens (tertiary/aromatic N) is 7. The molecular formula is C29H34N8OS. The zero-order valence-electron chi connectivity index (χ0n) is 22.9. The molecule has 0 bridgehead atoms. The Morgan fingerprint density at radius 2 is 1.85 bits per heavy atom. The second-order valence-corrected chi connectivity index (χ2v) is 11.8. The number of aromatic amines is 1. The summed E-state index contributed by atoms with van der Waals surface area (Å²) in [5, 5.41) is 15.1. The van der Waals surface area contributed by atoms with Crippen LogP contribution in [0.25, 0.3) is 21.1 Å². The van der Waals surface area contributed by atoms with Crippen molar-refractivity contribution in [3.8, 4) is 0 Å². The van der Waals surface area contributed by atoms with Crippen molar-refractivity contribution in [2.24, 2.45) is 0 Å². The van der Waals surface area contributed by atoms with Gasteiger partial charge >= 0.3 is 0 Å². The topological polar surface area (TPSA) is 95.8 Å². The number of hydrogen-bond donors (Lipinski definition) is 1. The van der Waals surface area contributed by atoms with Gasteiger partial charge in [0.25, 0.3) is 5.56 Å². The van der Waals surface area contributed by atoms with Gasteiger partial charge in [-0.25, -0.2) is 9.67 Å². The highest BCUT2D eigenvalue weighted by Gasteiger charge is 2.36. The lowest BCUT2D eigenvalue weighted by molar-refractivity contribution is 0.186. The second-order valence-electron chi connectivity index (χ2n) is 10.8. The number of aryl methyl sites for hydroxylation is 1. The first-order valence-electron chi connectivity index (χ1n) is 13.7. The molecule has 3 aromatic heterocycles. The molecule has 1 fully saturated rings. The standard InChI is InChI=1S/C29H34N8OS/c1-5-19-11-12-22-20(17-19)18-21(27(38)30-22)25(26-32-33-34-37(26)29(3,4)6-2)35-13-15-36(16-14-35)28-31-23-9-7-8-10-24(23)39-28/h7-12,17-18,25H,5-6,13-16H2,1-4H3,(H,30,38). The highest BCUT2D eigenvalue weighted by atomic mass is 32.1. The number of pyridine rings is 1. The lowest BCUT2D eigenvalue weighted by Gasteiger charge is -2.39. The smallest absolute Gasteiger partial charge is 0.253 e. The number of hydrogen-bond acceptors (Lipinski definition) is 8. The van der Waals surface area contributed by atoms with Crippen molar-refractivity contribution >= 4 is 37.6 Å². The molecule has 0 amide bonds. The summed E-state index contributed by atoms with van der Waals surface area (Å²) >= 11 is 1.73. The number of H-pyrrole nitrogens is 1. The van der Waals surface area contributed by atoms with Gasteiger partial charge < -0.3 is 9.88 Å². The molecule has 0 spiro atoms. The number of para-hydroxylation sites is 1. The van der Waals surface area contributed by atoms with Crippen molar-refractivity contribution in [2.75, 3.05) is 31.1 Å². The van der Waals surface area contributed by atoms with Crippen LogP contribution >= 0.6 is 11.3 Å². The van der Waals surface area contributed by atoms with Gasteiger partial charge in [0.2, 0.25) is 0 Å². The molecule has 202 valence electrons. The van der Waals surface area contributed by atoms with Crippen molar-refractivity contribution in [1.29, 1.82) is 0 Å². The van der Waals surface area contributed by atoms with Gasteiger partial charge in [0, 0.05) is 37.3 Å². The number of thiazole rings is 1. The molecule has 1 N–H and O–H groups in total. The summed E-state index contributed by atoms with van der Waals surface area (Å²) in [6, 6.07) is 16.2. The quantitative estimate of drug-likeness (QED) is 0.317. The molecule has 1 unspecified atom stereocenters. The lowest BCUT2D eigenvalue weighted by atomic mass is 9.98. The molecule has 0 aliphatic carbocycles. The van der Waals surface area contributed by atoms with Crippen molar-refractivity contribution in [1.82, 2.24) is 35.1 Å². The van der Waals surface area contributed by atoms with Gasteiger partial charge in [-0.15, -0.1) is 5.10 Å². The molecule has 2 aromatic carbocycles. The van der Waals surface area contributed by atoms with Gasteiger partial charge in [0.05, 0.1) is 15.8 Å². The van der Waals surface area contributed by atoms with E-state index in [2.05, 4.69) is 88.3 Å². The number of benzene rings is 2. The van der Waals surface area contributed by atoms with E-state index in [-0.39, 0.29) is 17.1 Å². The predicted molar refractivity (Wildman–Crippen MR) is 157 cm³/mol. The monoisotopic (exact) mass is 542 g/mol. The third-order valence-electron chi connectivity index (χ3n) is 8.05. The van der Waals surface area contributed by atoms with Gasteiger partial charge in [-0.2, -0.15) is 0 Å². The van der Waals surface area contributed by atoms with E-state index in [0.29, 0.717) is 11.4 Å². The minimum absolute atomic E-state index is 0.103. The van der Waals surface area contributed by atoms with Gasteiger partial charge in [-0.1, -0.05) is 43.4 Å². The van der Waals surface area contributed by atoms with E-state index in [4.69, 9.17) is 4.98 Å². The van der Waals surface area contributed by atoms with Crippen LogP contribution in [0, 0.1) is 0 Å². The summed E-state index contributed by atoms with van der Waals surface area (Å²) in [5.41, 5.74) is 3.39. The first kappa shape index (κ1) is 25.6. The first-order valence-corrected chi connectivity index (χ1v) is 14.5. The van der Waals surface area contributed by atoms with Crippen LogP contribution in [0.4, 0.5) is 5.13 Å². The third-order valence-corrected chi connectivity index (χ3v) is 9.15. The fourth-order valence-corrected chi connectivity index (χ4v) is 6.32. The van der Waals surface area contributed by atoms with Crippen LogP contribution in [0.5, 0.6) is 0 Å². The summed E-state index contributed by atoms with van der Waals surface area (Å²) in [7, 11) is 0. The highest BCUT2D eigenvalue weighted by molar-refractivity contribution is 7.22. The number of piperazine rings is 1. The minimum Gasteiger partial charge on any atom is -0.345 e. The Bertz CT molecular complexity index is 1640. The fourth-order valence-electron chi connectivity index (χ4n) is 5.31. The van der Waals surface area contributed by atoms with Crippen LogP contribution in [0.1, 0.15) is 57.1 Å². The van der Waals surface area contributed by atoms with Crippen LogP contribution < -0.4 is 10.5 Å². The van der Waals surface area contributed by atoms with Crippen molar-refractivity contribution in [2.45, 2.75) is 52.1 Å². The molecule has 0 radical (unpaired) electrons. The van der Waals surface area contributed by atoms with Crippen LogP contribution in [0.15, 0.2) is 53.3 Å². The maximum atomic E-state index is 13.6. The Labute approximate surface area is 231 Å². The van der Waals surface area contributed by atoms with Crippen LogP contribution in [-0.4, -0.2) is 61.3 Å². The van der Waals surface area contributed by atoms with Gasteiger partial charge in [0.15, 0.2) is 11.0 Å². The molecule has 1 atom stereocenters. The Kier molecular flexibility index (Phi) is 6.68. The zero-order chi connectivity index (χ0) is 27.1. The summed E-state index contributed by atoms with van der Waals surface area (Å²) < 4.78 is 3.10. The van der Waals surface area contributed by atoms with Crippen LogP contribution in [0.2, 0.25) is 0 Å². The molecule has 6 rings (SSSR count). The number of tetrazole rings is 1. The Morgan fingerprint density at radius 1 is 1.05 bits per heavy atom. The summed E-state index contributed by atoms with van der Waals surface area (Å²) in [6.45, 7) is 11.7. The first-order chi connectivity index (χ1) is 18.9. The number of aromatic nitrogens is 6. The molecule has 1 saturated heterocycles. The van der Waals surface area contributed by atoms with Crippen molar-refractivity contribution in [3.05, 3.63) is 75.8 Å². The SMILES string of the molecule is CCc1ccc2[nH]c(=O)c(C(c3nnnn3C(C)(C)CC)N3CCN(c4nc5ccccc5s4)CC3)cc2c1. The number of anilines is 1. The molecule has 1 aliphatic rings. The molecular weight excluding hydrogens is 508 g/mol. The minimum atomic E-state index is -0.373. The summed E-state index contributed by atoms with van der Waals surface area (Å²) in [6.07, 6.45) is 1.79. The van der Waals surface area contributed by atoms with E-state index in [1.165, 1.54) is 10.3 Å². The summed E-state index contributed by atoms with van der Waals surface area (Å²) in [4.78, 5) is 26.3. The van der Waals surface area contributed by atoms with Gasteiger partial charge in [-0.3, -0.25) is 9.69 Å². The van der Waals surface area contributed by atoms with E-state index in [1.54, 1.807) is 11.3 Å². The maximum absolute atomic E-state index is 13.6. The van der Waals surface area contributed by atoms with Crippen LogP contribution in [0.3, 0.4) is 0 Å². The average molecular weight is 543 g/mol. The second kappa shape index (κ2) is 10.2. The van der Waals surface area contributed by atoms with E-state index < -0.39 is 0 Å². The largest absolute Gasteiger partial charge is 0.345 e. The third kappa shape index (κ3) is 4.72. The average Bonchev–Trinajstić information content (AvgIpc) is 3.62. The number of fused-ring (bicyclic) bond motifs is 2.